The molecule has 1 aromatic carbocycles. The van der Waals surface area contributed by atoms with E-state index in [2.05, 4.69) is 27.4 Å². The Balaban J connectivity index is 1.89. The predicted octanol–water partition coefficient (Wildman–Crippen LogP) is 3.61. The molecular weight excluding hydrogens is 264 g/mol. The van der Waals surface area contributed by atoms with Crippen molar-refractivity contribution in [2.24, 2.45) is 0 Å². The van der Waals surface area contributed by atoms with Gasteiger partial charge in [0, 0.05) is 31.0 Å². The van der Waals surface area contributed by atoms with Gasteiger partial charge in [0.25, 0.3) is 0 Å². The standard InChI is InChI=1S/C16H16N4O/c1-11(13-7-9-17-10-8-13)18-15-6-4-3-5-14(15)16-20-19-12(2)21-16/h3-11,18H,1-2H3. The van der Waals surface area contributed by atoms with E-state index in [9.17, 15) is 0 Å². The van der Waals surface area contributed by atoms with Gasteiger partial charge in [-0.05, 0) is 36.8 Å². The fraction of sp³-hybridized carbons (Fsp3) is 0.188. The number of benzene rings is 1. The number of pyridine rings is 1. The summed E-state index contributed by atoms with van der Waals surface area (Å²) in [7, 11) is 0. The van der Waals surface area contributed by atoms with E-state index in [1.807, 2.05) is 36.4 Å². The molecule has 0 aliphatic carbocycles. The lowest BCUT2D eigenvalue weighted by Crippen LogP contribution is -2.07. The van der Waals surface area contributed by atoms with E-state index in [1.165, 1.54) is 5.56 Å². The topological polar surface area (TPSA) is 63.8 Å². The van der Waals surface area contributed by atoms with E-state index in [0.29, 0.717) is 11.8 Å². The minimum atomic E-state index is 0.151. The maximum absolute atomic E-state index is 5.53. The van der Waals surface area contributed by atoms with Crippen LogP contribution in [-0.4, -0.2) is 15.2 Å². The van der Waals surface area contributed by atoms with Crippen LogP contribution in [0, 0.1) is 6.92 Å². The molecule has 1 unspecified atom stereocenters. The molecule has 3 rings (SSSR count). The maximum Gasteiger partial charge on any atom is 0.249 e. The summed E-state index contributed by atoms with van der Waals surface area (Å²) >= 11 is 0. The van der Waals surface area contributed by atoms with E-state index in [0.717, 1.165) is 11.3 Å². The van der Waals surface area contributed by atoms with E-state index in [4.69, 9.17) is 4.42 Å². The van der Waals surface area contributed by atoms with Crippen LogP contribution >= 0.6 is 0 Å². The van der Waals surface area contributed by atoms with Crippen molar-refractivity contribution in [1.29, 1.82) is 0 Å². The third-order valence-electron chi connectivity index (χ3n) is 3.26. The summed E-state index contributed by atoms with van der Waals surface area (Å²) in [5, 5.41) is 11.5. The summed E-state index contributed by atoms with van der Waals surface area (Å²) in [4.78, 5) is 4.04. The Hall–Kier alpha value is -2.69. The quantitative estimate of drug-likeness (QED) is 0.790. The van der Waals surface area contributed by atoms with Crippen molar-refractivity contribution in [3.8, 4) is 11.5 Å². The summed E-state index contributed by atoms with van der Waals surface area (Å²) in [5.74, 6) is 1.08. The molecular formula is C16H16N4O. The molecule has 5 nitrogen and oxygen atoms in total. The highest BCUT2D eigenvalue weighted by atomic mass is 16.4. The van der Waals surface area contributed by atoms with Crippen LogP contribution in [0.4, 0.5) is 5.69 Å². The summed E-state index contributed by atoms with van der Waals surface area (Å²) < 4.78 is 5.53. The lowest BCUT2D eigenvalue weighted by atomic mass is 10.1. The van der Waals surface area contributed by atoms with Crippen molar-refractivity contribution < 1.29 is 4.42 Å². The number of nitrogens with one attached hydrogen (secondary N) is 1. The second kappa shape index (κ2) is 5.75. The highest BCUT2D eigenvalue weighted by Crippen LogP contribution is 2.29. The second-order valence-corrected chi connectivity index (χ2v) is 4.82. The second-order valence-electron chi connectivity index (χ2n) is 4.82. The number of rotatable bonds is 4. The molecule has 1 atom stereocenters. The molecule has 0 fully saturated rings. The average Bonchev–Trinajstić information content (AvgIpc) is 2.95. The van der Waals surface area contributed by atoms with Gasteiger partial charge < -0.3 is 9.73 Å². The third-order valence-corrected chi connectivity index (χ3v) is 3.26. The van der Waals surface area contributed by atoms with Crippen molar-refractivity contribution in [2.75, 3.05) is 5.32 Å². The Morgan fingerprint density at radius 1 is 1.05 bits per heavy atom. The summed E-state index contributed by atoms with van der Waals surface area (Å²) in [6, 6.07) is 12.1. The van der Waals surface area contributed by atoms with Crippen molar-refractivity contribution in [1.82, 2.24) is 15.2 Å². The molecule has 0 aliphatic heterocycles. The van der Waals surface area contributed by atoms with Crippen molar-refractivity contribution in [3.63, 3.8) is 0 Å². The Labute approximate surface area is 123 Å². The van der Waals surface area contributed by atoms with Crippen LogP contribution in [0.2, 0.25) is 0 Å². The first-order valence-electron chi connectivity index (χ1n) is 6.80. The fourth-order valence-electron chi connectivity index (χ4n) is 2.17. The number of hydrogen-bond acceptors (Lipinski definition) is 5. The molecule has 5 heteroatoms. The monoisotopic (exact) mass is 280 g/mol. The van der Waals surface area contributed by atoms with Crippen LogP contribution in [0.1, 0.15) is 24.4 Å². The first-order valence-corrected chi connectivity index (χ1v) is 6.80. The molecule has 21 heavy (non-hydrogen) atoms. The van der Waals surface area contributed by atoms with Gasteiger partial charge in [0.15, 0.2) is 0 Å². The summed E-state index contributed by atoms with van der Waals surface area (Å²) in [6.07, 6.45) is 3.58. The molecule has 0 spiro atoms. The third kappa shape index (κ3) is 2.91. The van der Waals surface area contributed by atoms with Crippen LogP contribution in [0.25, 0.3) is 11.5 Å². The van der Waals surface area contributed by atoms with E-state index in [-0.39, 0.29) is 6.04 Å². The zero-order chi connectivity index (χ0) is 14.7. The lowest BCUT2D eigenvalue weighted by Gasteiger charge is -2.17. The Morgan fingerprint density at radius 3 is 2.52 bits per heavy atom. The maximum atomic E-state index is 5.53. The summed E-state index contributed by atoms with van der Waals surface area (Å²) in [5.41, 5.74) is 3.03. The van der Waals surface area contributed by atoms with Crippen LogP contribution < -0.4 is 5.32 Å². The molecule has 0 saturated heterocycles. The van der Waals surface area contributed by atoms with E-state index in [1.54, 1.807) is 19.3 Å². The lowest BCUT2D eigenvalue weighted by molar-refractivity contribution is 0.533. The number of anilines is 1. The molecule has 1 N–H and O–H groups in total. The van der Waals surface area contributed by atoms with Gasteiger partial charge in [0.1, 0.15) is 0 Å². The highest BCUT2D eigenvalue weighted by molar-refractivity contribution is 5.72. The van der Waals surface area contributed by atoms with Crippen LogP contribution in [0.15, 0.2) is 53.2 Å². The molecule has 0 saturated carbocycles. The molecule has 0 bridgehead atoms. The van der Waals surface area contributed by atoms with Gasteiger partial charge in [-0.2, -0.15) is 0 Å². The fourth-order valence-corrected chi connectivity index (χ4v) is 2.17. The first-order chi connectivity index (χ1) is 10.2. The summed E-state index contributed by atoms with van der Waals surface area (Å²) in [6.45, 7) is 3.89. The van der Waals surface area contributed by atoms with Crippen molar-refractivity contribution >= 4 is 5.69 Å². The Bertz CT molecular complexity index is 724. The minimum absolute atomic E-state index is 0.151. The largest absolute Gasteiger partial charge is 0.421 e. The average molecular weight is 280 g/mol. The molecule has 0 radical (unpaired) electrons. The number of para-hydroxylation sites is 1. The van der Waals surface area contributed by atoms with E-state index >= 15 is 0 Å². The molecule has 3 aromatic rings. The molecule has 0 aliphatic rings. The zero-order valence-electron chi connectivity index (χ0n) is 11.9. The van der Waals surface area contributed by atoms with Gasteiger partial charge in [0.2, 0.25) is 11.8 Å². The van der Waals surface area contributed by atoms with Gasteiger partial charge in [0.05, 0.1) is 5.56 Å². The Morgan fingerprint density at radius 2 is 1.81 bits per heavy atom. The van der Waals surface area contributed by atoms with Crippen molar-refractivity contribution in [2.45, 2.75) is 19.9 Å². The number of hydrogen-bond donors (Lipinski definition) is 1. The van der Waals surface area contributed by atoms with Crippen LogP contribution in [0.5, 0.6) is 0 Å². The van der Waals surface area contributed by atoms with Gasteiger partial charge in [-0.15, -0.1) is 10.2 Å². The van der Waals surface area contributed by atoms with Crippen molar-refractivity contribution in [3.05, 3.63) is 60.2 Å². The van der Waals surface area contributed by atoms with Gasteiger partial charge in [-0.25, -0.2) is 0 Å². The van der Waals surface area contributed by atoms with Crippen LogP contribution in [0.3, 0.4) is 0 Å². The van der Waals surface area contributed by atoms with E-state index < -0.39 is 0 Å². The normalized spacial score (nSPS) is 12.1. The number of aryl methyl sites for hydroxylation is 1. The van der Waals surface area contributed by atoms with Gasteiger partial charge in [-0.1, -0.05) is 12.1 Å². The zero-order valence-corrected chi connectivity index (χ0v) is 11.9. The Kier molecular flexibility index (Phi) is 3.64. The minimum Gasteiger partial charge on any atom is -0.421 e. The van der Waals surface area contributed by atoms with Gasteiger partial charge >= 0.3 is 0 Å². The number of aromatic nitrogens is 3. The molecule has 106 valence electrons. The number of nitrogens with zero attached hydrogens (tertiary/aromatic N) is 3. The molecule has 2 aromatic heterocycles. The van der Waals surface area contributed by atoms with Crippen LogP contribution in [-0.2, 0) is 0 Å². The SMILES string of the molecule is Cc1nnc(-c2ccccc2NC(C)c2ccncc2)o1. The van der Waals surface area contributed by atoms with Gasteiger partial charge in [-0.3, -0.25) is 4.98 Å². The predicted molar refractivity (Wildman–Crippen MR) is 80.7 cm³/mol. The smallest absolute Gasteiger partial charge is 0.249 e. The molecule has 2 heterocycles. The first kappa shape index (κ1) is 13.3. The molecule has 0 amide bonds. The highest BCUT2D eigenvalue weighted by Gasteiger charge is 2.13.